The van der Waals surface area contributed by atoms with E-state index < -0.39 is 8.07 Å². The molecule has 5 heterocycles. The van der Waals surface area contributed by atoms with Gasteiger partial charge in [-0.1, -0.05) is 100 Å². The maximum Gasteiger partial charge on any atom is 0.128 e. The molecule has 1 aliphatic heterocycles. The van der Waals surface area contributed by atoms with E-state index in [9.17, 15) is 0 Å². The summed E-state index contributed by atoms with van der Waals surface area (Å²) in [5.74, 6) is 0. The van der Waals surface area contributed by atoms with Gasteiger partial charge in [0.2, 0.25) is 0 Å². The number of rotatable bonds is 8. The van der Waals surface area contributed by atoms with Gasteiger partial charge < -0.3 is 0 Å². The molecule has 43 heavy (non-hydrogen) atoms. The molecule has 5 heteroatoms. The van der Waals surface area contributed by atoms with Crippen molar-refractivity contribution in [1.82, 2.24) is 0 Å². The van der Waals surface area contributed by atoms with Crippen molar-refractivity contribution in [3.8, 4) is 19.5 Å². The van der Waals surface area contributed by atoms with Gasteiger partial charge in [-0.05, 0) is 90.9 Å². The molecular formula is C38H34S4Si. The molecule has 0 bridgehead atoms. The average molecular weight is 647 g/mol. The summed E-state index contributed by atoms with van der Waals surface area (Å²) in [7, 11) is -2.38. The molecule has 0 radical (unpaired) electrons. The van der Waals surface area contributed by atoms with E-state index in [0.29, 0.717) is 11.1 Å². The molecule has 0 amide bonds. The highest BCUT2D eigenvalue weighted by atomic mass is 32.1. The monoisotopic (exact) mass is 646 g/mol. The first-order chi connectivity index (χ1) is 21.0. The Kier molecular flexibility index (Phi) is 7.87. The Labute approximate surface area is 272 Å². The lowest BCUT2D eigenvalue weighted by Crippen LogP contribution is -2.43. The maximum atomic E-state index is 2.50. The van der Waals surface area contributed by atoms with Crippen LogP contribution in [0, 0.1) is 0 Å². The van der Waals surface area contributed by atoms with Crippen LogP contribution in [0.2, 0.25) is 11.1 Å². The zero-order valence-corrected chi connectivity index (χ0v) is 29.1. The van der Waals surface area contributed by atoms with Gasteiger partial charge >= 0.3 is 0 Å². The van der Waals surface area contributed by atoms with Crippen molar-refractivity contribution in [3.63, 3.8) is 0 Å². The normalized spacial score (nSPS) is 14.9. The SMILES string of the molecule is CC(C)[Si]1(C(C)C)C(c2ccc(-c3cccs3)s2)=C(c2ccccc2)C(c2ccccc2)=C1c1ccc(-c2cccs2)s1. The first-order valence-electron chi connectivity index (χ1n) is 14.9. The molecule has 0 spiro atoms. The molecule has 0 unspecified atom stereocenters. The van der Waals surface area contributed by atoms with Crippen LogP contribution in [0.4, 0.5) is 0 Å². The van der Waals surface area contributed by atoms with Crippen molar-refractivity contribution in [2.75, 3.05) is 0 Å². The Balaban J connectivity index is 1.60. The lowest BCUT2D eigenvalue weighted by molar-refractivity contribution is 0.933. The van der Waals surface area contributed by atoms with Crippen LogP contribution >= 0.6 is 45.3 Å². The second-order valence-electron chi connectivity index (χ2n) is 11.7. The molecule has 0 N–H and O–H groups in total. The van der Waals surface area contributed by atoms with Crippen LogP contribution in [0.25, 0.3) is 41.0 Å². The molecule has 7 rings (SSSR count). The van der Waals surface area contributed by atoms with Crippen LogP contribution in [0.1, 0.15) is 48.6 Å². The Morgan fingerprint density at radius 3 is 1.16 bits per heavy atom. The van der Waals surface area contributed by atoms with Crippen molar-refractivity contribution in [2.45, 2.75) is 38.8 Å². The highest BCUT2D eigenvalue weighted by molar-refractivity contribution is 7.28. The van der Waals surface area contributed by atoms with Gasteiger partial charge in [-0.2, -0.15) is 0 Å². The van der Waals surface area contributed by atoms with Crippen molar-refractivity contribution in [3.05, 3.63) is 141 Å². The second-order valence-corrected chi connectivity index (χ2v) is 20.8. The molecule has 2 aromatic carbocycles. The van der Waals surface area contributed by atoms with Gasteiger partial charge in [0.15, 0.2) is 0 Å². The highest BCUT2D eigenvalue weighted by Crippen LogP contribution is 2.64. The number of benzene rings is 2. The zero-order chi connectivity index (χ0) is 29.6. The Hall–Kier alpha value is -3.06. The van der Waals surface area contributed by atoms with Crippen LogP contribution in [-0.2, 0) is 0 Å². The second kappa shape index (κ2) is 11.8. The molecule has 6 aromatic rings. The van der Waals surface area contributed by atoms with Crippen molar-refractivity contribution >= 4 is 75.0 Å². The smallest absolute Gasteiger partial charge is 0.128 e. The first kappa shape index (κ1) is 28.7. The van der Waals surface area contributed by atoms with Crippen LogP contribution in [0.5, 0.6) is 0 Å². The number of allylic oxidation sites excluding steroid dienone is 2. The molecule has 214 valence electrons. The van der Waals surface area contributed by atoms with Crippen LogP contribution in [0.15, 0.2) is 120 Å². The van der Waals surface area contributed by atoms with Gasteiger partial charge in [0.1, 0.15) is 8.07 Å². The Bertz CT molecular complexity index is 1760. The minimum atomic E-state index is -2.38. The summed E-state index contributed by atoms with van der Waals surface area (Å²) in [4.78, 5) is 8.32. The zero-order valence-electron chi connectivity index (χ0n) is 24.8. The van der Waals surface area contributed by atoms with Gasteiger partial charge in [0.25, 0.3) is 0 Å². The molecule has 0 aliphatic carbocycles. The summed E-state index contributed by atoms with van der Waals surface area (Å²) in [6.45, 7) is 10.0. The fourth-order valence-corrected chi connectivity index (χ4v) is 18.3. The summed E-state index contributed by atoms with van der Waals surface area (Å²) in [6, 6.07) is 40.9. The third kappa shape index (κ3) is 4.82. The van der Waals surface area contributed by atoms with Gasteiger partial charge in [-0.3, -0.25) is 0 Å². The topological polar surface area (TPSA) is 0 Å². The molecule has 0 saturated heterocycles. The molecule has 0 fully saturated rings. The van der Waals surface area contributed by atoms with E-state index in [-0.39, 0.29) is 0 Å². The van der Waals surface area contributed by atoms with E-state index in [1.54, 1.807) is 10.4 Å². The van der Waals surface area contributed by atoms with E-state index in [0.717, 1.165) is 0 Å². The van der Waals surface area contributed by atoms with E-state index in [1.165, 1.54) is 51.5 Å². The number of hydrogen-bond acceptors (Lipinski definition) is 4. The Morgan fingerprint density at radius 2 is 0.814 bits per heavy atom. The molecule has 0 atom stereocenters. The quantitative estimate of drug-likeness (QED) is 0.144. The van der Waals surface area contributed by atoms with Crippen LogP contribution < -0.4 is 0 Å². The summed E-state index contributed by atoms with van der Waals surface area (Å²) in [5.41, 5.74) is 6.56. The summed E-state index contributed by atoms with van der Waals surface area (Å²) in [5, 5.41) is 7.62. The lowest BCUT2D eigenvalue weighted by atomic mass is 9.91. The molecule has 0 nitrogen and oxygen atoms in total. The van der Waals surface area contributed by atoms with E-state index >= 15 is 0 Å². The van der Waals surface area contributed by atoms with Gasteiger partial charge in [-0.15, -0.1) is 45.3 Å². The molecule has 4 aromatic heterocycles. The van der Waals surface area contributed by atoms with Crippen LogP contribution in [0.3, 0.4) is 0 Å². The largest absolute Gasteiger partial charge is 0.143 e. The van der Waals surface area contributed by atoms with Crippen molar-refractivity contribution in [1.29, 1.82) is 0 Å². The van der Waals surface area contributed by atoms with E-state index in [4.69, 9.17) is 0 Å². The summed E-state index contributed by atoms with van der Waals surface area (Å²) in [6.07, 6.45) is 0. The number of hydrogen-bond donors (Lipinski definition) is 0. The van der Waals surface area contributed by atoms with Gasteiger partial charge in [0.05, 0.1) is 0 Å². The maximum absolute atomic E-state index is 2.50. The van der Waals surface area contributed by atoms with Crippen molar-refractivity contribution < 1.29 is 0 Å². The standard InChI is InChI=1S/C38H34S4Si/c1-25(2)43(26(3)4)37(33-21-19-31(41-33)29-17-11-23-39-29)35(27-13-7-5-8-14-27)36(28-15-9-6-10-16-28)38(43)34-22-20-32(42-34)30-18-12-24-40-30/h5-26H,1-4H3. The van der Waals surface area contributed by atoms with E-state index in [2.05, 4.69) is 148 Å². The predicted octanol–water partition coefficient (Wildman–Crippen LogP) is 13.1. The van der Waals surface area contributed by atoms with Crippen molar-refractivity contribution in [2.24, 2.45) is 0 Å². The minimum Gasteiger partial charge on any atom is -0.143 e. The molecule has 0 saturated carbocycles. The van der Waals surface area contributed by atoms with Gasteiger partial charge in [0, 0.05) is 29.3 Å². The number of thiophene rings is 4. The highest BCUT2D eigenvalue weighted by Gasteiger charge is 2.55. The molecular weight excluding hydrogens is 613 g/mol. The van der Waals surface area contributed by atoms with E-state index in [1.807, 2.05) is 45.3 Å². The fraction of sp³-hybridized carbons (Fsp3) is 0.158. The van der Waals surface area contributed by atoms with Gasteiger partial charge in [-0.25, -0.2) is 0 Å². The summed E-state index contributed by atoms with van der Waals surface area (Å²) >= 11 is 7.64. The third-order valence-electron chi connectivity index (χ3n) is 8.76. The lowest BCUT2D eigenvalue weighted by Gasteiger charge is -2.41. The minimum absolute atomic E-state index is 0.511. The molecule has 1 aliphatic rings. The fourth-order valence-electron chi connectivity index (χ4n) is 7.10. The summed E-state index contributed by atoms with van der Waals surface area (Å²) < 4.78 is 0. The predicted molar refractivity (Wildman–Crippen MR) is 198 cm³/mol. The van der Waals surface area contributed by atoms with Crippen LogP contribution in [-0.4, -0.2) is 8.07 Å². The third-order valence-corrected chi connectivity index (χ3v) is 19.8. The Morgan fingerprint density at radius 1 is 0.419 bits per heavy atom. The average Bonchev–Trinajstić information content (AvgIpc) is 3.84. The first-order valence-corrected chi connectivity index (χ1v) is 20.4.